The molecular formula is C54H36N2. The van der Waals surface area contributed by atoms with E-state index < -0.39 is 0 Å². The fourth-order valence-corrected chi connectivity index (χ4v) is 8.49. The summed E-state index contributed by atoms with van der Waals surface area (Å²) in [5.74, 6) is 0. The molecule has 2 heteroatoms. The topological polar surface area (TPSA) is 8.17 Å². The van der Waals surface area contributed by atoms with E-state index in [1.807, 2.05) is 0 Å². The molecule has 11 aromatic rings. The van der Waals surface area contributed by atoms with Crippen molar-refractivity contribution in [3.63, 3.8) is 0 Å². The van der Waals surface area contributed by atoms with Crippen LogP contribution in [-0.4, -0.2) is 4.57 Å². The largest absolute Gasteiger partial charge is 0.310 e. The van der Waals surface area contributed by atoms with E-state index in [1.54, 1.807) is 0 Å². The summed E-state index contributed by atoms with van der Waals surface area (Å²) >= 11 is 0. The Morgan fingerprint density at radius 3 is 1.52 bits per heavy atom. The molecule has 0 radical (unpaired) electrons. The fourth-order valence-electron chi connectivity index (χ4n) is 8.49. The van der Waals surface area contributed by atoms with Gasteiger partial charge in [-0.1, -0.05) is 146 Å². The van der Waals surface area contributed by atoms with Gasteiger partial charge in [0, 0.05) is 33.5 Å². The quantitative estimate of drug-likeness (QED) is 0.167. The zero-order valence-electron chi connectivity index (χ0n) is 30.7. The molecule has 1 heterocycles. The monoisotopic (exact) mass is 712 g/mol. The predicted molar refractivity (Wildman–Crippen MR) is 239 cm³/mol. The van der Waals surface area contributed by atoms with Gasteiger partial charge in [0.15, 0.2) is 0 Å². The highest BCUT2D eigenvalue weighted by Crippen LogP contribution is 2.40. The molecule has 0 aliphatic carbocycles. The van der Waals surface area contributed by atoms with Crippen LogP contribution in [0.1, 0.15) is 0 Å². The van der Waals surface area contributed by atoms with Crippen molar-refractivity contribution < 1.29 is 0 Å². The molecule has 0 amide bonds. The molecule has 0 spiro atoms. The second kappa shape index (κ2) is 13.2. The first-order chi connectivity index (χ1) is 27.7. The third kappa shape index (κ3) is 5.51. The molecule has 0 unspecified atom stereocenters. The first-order valence-electron chi connectivity index (χ1n) is 19.2. The first kappa shape index (κ1) is 32.0. The van der Waals surface area contributed by atoms with Crippen molar-refractivity contribution in [2.45, 2.75) is 0 Å². The normalized spacial score (nSPS) is 11.6. The van der Waals surface area contributed by atoms with Gasteiger partial charge >= 0.3 is 0 Å². The van der Waals surface area contributed by atoms with Gasteiger partial charge in [-0.2, -0.15) is 0 Å². The van der Waals surface area contributed by atoms with Crippen LogP contribution < -0.4 is 4.90 Å². The van der Waals surface area contributed by atoms with Crippen LogP contribution in [0.5, 0.6) is 0 Å². The van der Waals surface area contributed by atoms with E-state index in [2.05, 4.69) is 228 Å². The zero-order valence-corrected chi connectivity index (χ0v) is 30.7. The fraction of sp³-hybridized carbons (Fsp3) is 0. The molecule has 2 nitrogen and oxygen atoms in total. The Balaban J connectivity index is 0.987. The maximum atomic E-state index is 2.40. The SMILES string of the molecule is c1ccc(-c2ccc(N(c3ccc4ccccc4c3)c3ccc4ccc(-c5ccc(-n6c7ccccc7c7cc8ccccc8cc76)cc5)cc4c3)cc2)cc1. The highest BCUT2D eigenvalue weighted by atomic mass is 15.1. The molecule has 0 aliphatic rings. The molecule has 0 bridgehead atoms. The van der Waals surface area contributed by atoms with E-state index in [4.69, 9.17) is 0 Å². The van der Waals surface area contributed by atoms with E-state index in [0.717, 1.165) is 22.7 Å². The molecule has 11 rings (SSSR count). The van der Waals surface area contributed by atoms with Crippen LogP contribution in [0.4, 0.5) is 17.1 Å². The van der Waals surface area contributed by atoms with Crippen molar-refractivity contribution in [2.24, 2.45) is 0 Å². The Bertz CT molecular complexity index is 3230. The van der Waals surface area contributed by atoms with Gasteiger partial charge in [0.1, 0.15) is 0 Å². The average Bonchev–Trinajstić information content (AvgIpc) is 3.59. The van der Waals surface area contributed by atoms with Crippen molar-refractivity contribution in [1.29, 1.82) is 0 Å². The van der Waals surface area contributed by atoms with Crippen LogP contribution in [0.2, 0.25) is 0 Å². The smallest absolute Gasteiger partial charge is 0.0547 e. The number of hydrogen-bond acceptors (Lipinski definition) is 1. The number of rotatable bonds is 6. The summed E-state index contributed by atoms with van der Waals surface area (Å²) in [5.41, 5.74) is 11.8. The summed E-state index contributed by atoms with van der Waals surface area (Å²) in [6.07, 6.45) is 0. The van der Waals surface area contributed by atoms with Gasteiger partial charge in [0.05, 0.1) is 11.0 Å². The lowest BCUT2D eigenvalue weighted by Crippen LogP contribution is -2.09. The lowest BCUT2D eigenvalue weighted by Gasteiger charge is -2.26. The summed E-state index contributed by atoms with van der Waals surface area (Å²) in [7, 11) is 0. The molecule has 0 fully saturated rings. The standard InChI is InChI=1S/C54H36N2/c1-2-10-37(11-3-1)39-20-26-47(27-21-39)55(49-30-24-38-12-4-5-13-42(38)33-49)50-31-25-41-18-19-45(32-46(41)34-50)40-22-28-48(29-23-40)56-53-17-9-8-16-51(53)52-35-43-14-6-7-15-44(43)36-54(52)56/h1-36H. The minimum Gasteiger partial charge on any atom is -0.310 e. The molecule has 56 heavy (non-hydrogen) atoms. The number of hydrogen-bond donors (Lipinski definition) is 0. The summed E-state index contributed by atoms with van der Waals surface area (Å²) < 4.78 is 2.40. The van der Waals surface area contributed by atoms with Gasteiger partial charge < -0.3 is 9.47 Å². The Morgan fingerprint density at radius 1 is 0.268 bits per heavy atom. The Kier molecular flexibility index (Phi) is 7.53. The average molecular weight is 713 g/mol. The van der Waals surface area contributed by atoms with Crippen molar-refractivity contribution in [3.8, 4) is 27.9 Å². The van der Waals surface area contributed by atoms with Crippen molar-refractivity contribution in [1.82, 2.24) is 4.57 Å². The maximum Gasteiger partial charge on any atom is 0.0547 e. The second-order valence-corrected chi connectivity index (χ2v) is 14.6. The number of fused-ring (bicyclic) bond motifs is 6. The van der Waals surface area contributed by atoms with Crippen molar-refractivity contribution >= 4 is 71.2 Å². The van der Waals surface area contributed by atoms with Gasteiger partial charge in [-0.3, -0.25) is 0 Å². The maximum absolute atomic E-state index is 2.40. The highest BCUT2D eigenvalue weighted by Gasteiger charge is 2.16. The first-order valence-corrected chi connectivity index (χ1v) is 19.2. The van der Waals surface area contributed by atoms with Crippen molar-refractivity contribution in [2.75, 3.05) is 4.90 Å². The molecule has 10 aromatic carbocycles. The second-order valence-electron chi connectivity index (χ2n) is 14.6. The molecule has 262 valence electrons. The van der Waals surface area contributed by atoms with E-state index in [-0.39, 0.29) is 0 Å². The van der Waals surface area contributed by atoms with E-state index in [9.17, 15) is 0 Å². The van der Waals surface area contributed by atoms with Gasteiger partial charge in [0.2, 0.25) is 0 Å². The minimum absolute atomic E-state index is 1.11. The number of anilines is 3. The van der Waals surface area contributed by atoms with Gasteiger partial charge in [-0.05, 0) is 127 Å². The third-order valence-corrected chi connectivity index (χ3v) is 11.3. The van der Waals surface area contributed by atoms with Gasteiger partial charge in [-0.25, -0.2) is 0 Å². The predicted octanol–water partition coefficient (Wildman–Crippen LogP) is 15.0. The summed E-state index contributed by atoms with van der Waals surface area (Å²) in [6, 6.07) is 79.5. The highest BCUT2D eigenvalue weighted by molar-refractivity contribution is 6.13. The number of para-hydroxylation sites is 1. The van der Waals surface area contributed by atoms with Crippen LogP contribution in [-0.2, 0) is 0 Å². The van der Waals surface area contributed by atoms with Crippen LogP contribution in [0.25, 0.3) is 82.1 Å². The minimum atomic E-state index is 1.11. The number of aromatic nitrogens is 1. The Labute approximate surface area is 325 Å². The van der Waals surface area contributed by atoms with E-state index in [1.165, 1.54) is 76.4 Å². The molecule has 0 aliphatic heterocycles. The van der Waals surface area contributed by atoms with Crippen molar-refractivity contribution in [3.05, 3.63) is 218 Å². The molecular weight excluding hydrogens is 677 g/mol. The van der Waals surface area contributed by atoms with Crippen LogP contribution >= 0.6 is 0 Å². The lowest BCUT2D eigenvalue weighted by atomic mass is 10.00. The molecule has 0 N–H and O–H groups in total. The van der Waals surface area contributed by atoms with Crippen LogP contribution in [0.15, 0.2) is 218 Å². The lowest BCUT2D eigenvalue weighted by molar-refractivity contribution is 1.18. The van der Waals surface area contributed by atoms with Gasteiger partial charge in [0.25, 0.3) is 0 Å². The summed E-state index contributed by atoms with van der Waals surface area (Å²) in [4.78, 5) is 2.37. The summed E-state index contributed by atoms with van der Waals surface area (Å²) in [6.45, 7) is 0. The van der Waals surface area contributed by atoms with E-state index in [0.29, 0.717) is 0 Å². The van der Waals surface area contributed by atoms with Crippen LogP contribution in [0, 0.1) is 0 Å². The molecule has 0 atom stereocenters. The zero-order chi connectivity index (χ0) is 37.0. The number of benzene rings is 10. The molecule has 0 saturated heterocycles. The van der Waals surface area contributed by atoms with E-state index >= 15 is 0 Å². The number of nitrogens with zero attached hydrogens (tertiary/aromatic N) is 2. The van der Waals surface area contributed by atoms with Gasteiger partial charge in [-0.15, -0.1) is 0 Å². The molecule has 1 aromatic heterocycles. The third-order valence-electron chi connectivity index (χ3n) is 11.3. The van der Waals surface area contributed by atoms with Crippen LogP contribution in [0.3, 0.4) is 0 Å². The molecule has 0 saturated carbocycles. The summed E-state index contributed by atoms with van der Waals surface area (Å²) in [5, 5.41) is 9.92. The Hall–Kier alpha value is -7.42. The Morgan fingerprint density at radius 2 is 0.768 bits per heavy atom.